The van der Waals surface area contributed by atoms with Gasteiger partial charge in [0.1, 0.15) is 0 Å². The van der Waals surface area contributed by atoms with Crippen molar-refractivity contribution in [2.75, 3.05) is 26.2 Å². The van der Waals surface area contributed by atoms with Crippen molar-refractivity contribution in [1.82, 2.24) is 10.2 Å². The zero-order valence-electron chi connectivity index (χ0n) is 14.3. The molecule has 0 spiro atoms. The van der Waals surface area contributed by atoms with Crippen molar-refractivity contribution in [1.29, 1.82) is 0 Å². The van der Waals surface area contributed by atoms with Crippen LogP contribution in [0, 0.1) is 0 Å². The number of piperazine rings is 1. The van der Waals surface area contributed by atoms with Gasteiger partial charge in [-0.25, -0.2) is 0 Å². The van der Waals surface area contributed by atoms with Crippen LogP contribution >= 0.6 is 0 Å². The molecule has 26 heavy (non-hydrogen) atoms. The fourth-order valence-corrected chi connectivity index (χ4v) is 4.00. The van der Waals surface area contributed by atoms with E-state index in [-0.39, 0.29) is 5.75 Å². The van der Waals surface area contributed by atoms with Crippen LogP contribution in [0.1, 0.15) is 16.7 Å². The standard InChI is InChI=1S/C19H21F3N2OS/c20-19(21,22)17-5-1-16(2-6-17)14-26(25)18-7-3-15(4-8-18)13-24-11-9-23-10-12-24/h1-8,23H,9-14H2. The van der Waals surface area contributed by atoms with Crippen LogP contribution in [-0.4, -0.2) is 35.3 Å². The maximum Gasteiger partial charge on any atom is 0.416 e. The average Bonchev–Trinajstić information content (AvgIpc) is 2.63. The molecule has 0 amide bonds. The molecule has 1 heterocycles. The van der Waals surface area contributed by atoms with Gasteiger partial charge in [0.05, 0.1) is 22.1 Å². The number of nitrogens with zero attached hydrogens (tertiary/aromatic N) is 1. The minimum Gasteiger partial charge on any atom is -0.314 e. The fraction of sp³-hybridized carbons (Fsp3) is 0.368. The van der Waals surface area contributed by atoms with Crippen LogP contribution in [0.3, 0.4) is 0 Å². The highest BCUT2D eigenvalue weighted by Crippen LogP contribution is 2.29. The molecule has 0 aliphatic carbocycles. The summed E-state index contributed by atoms with van der Waals surface area (Å²) in [6.45, 7) is 4.89. The van der Waals surface area contributed by atoms with E-state index in [1.807, 2.05) is 24.3 Å². The molecule has 2 aromatic rings. The number of hydrogen-bond donors (Lipinski definition) is 1. The summed E-state index contributed by atoms with van der Waals surface area (Å²) in [6, 6.07) is 12.5. The molecule has 2 aromatic carbocycles. The first kappa shape index (κ1) is 19.1. The maximum absolute atomic E-state index is 12.6. The summed E-state index contributed by atoms with van der Waals surface area (Å²) >= 11 is 0. The van der Waals surface area contributed by atoms with E-state index in [4.69, 9.17) is 0 Å². The zero-order valence-corrected chi connectivity index (χ0v) is 15.1. The molecule has 1 aliphatic heterocycles. The molecule has 0 aromatic heterocycles. The molecule has 140 valence electrons. The third-order valence-corrected chi connectivity index (χ3v) is 5.77. The maximum atomic E-state index is 12.6. The van der Waals surface area contributed by atoms with Crippen molar-refractivity contribution < 1.29 is 17.4 Å². The molecule has 0 saturated carbocycles. The van der Waals surface area contributed by atoms with Crippen molar-refractivity contribution in [2.24, 2.45) is 0 Å². The predicted molar refractivity (Wildman–Crippen MR) is 96.1 cm³/mol. The Bertz CT molecular complexity index is 739. The second-order valence-electron chi connectivity index (χ2n) is 6.35. The van der Waals surface area contributed by atoms with Gasteiger partial charge in [-0.05, 0) is 35.4 Å². The molecular formula is C19H21F3N2OS. The van der Waals surface area contributed by atoms with Crippen LogP contribution in [-0.2, 0) is 29.3 Å². The van der Waals surface area contributed by atoms with Crippen molar-refractivity contribution in [3.8, 4) is 0 Å². The molecule has 3 rings (SSSR count). The molecule has 7 heteroatoms. The number of hydrogen-bond acceptors (Lipinski definition) is 3. The number of benzene rings is 2. The van der Waals surface area contributed by atoms with Crippen LogP contribution in [0.15, 0.2) is 53.4 Å². The Morgan fingerprint density at radius 1 is 0.923 bits per heavy atom. The highest BCUT2D eigenvalue weighted by molar-refractivity contribution is 7.84. The van der Waals surface area contributed by atoms with E-state index in [2.05, 4.69) is 10.2 Å². The summed E-state index contributed by atoms with van der Waals surface area (Å²) in [6.07, 6.45) is -4.35. The molecule has 1 unspecified atom stereocenters. The van der Waals surface area contributed by atoms with Crippen LogP contribution < -0.4 is 5.32 Å². The van der Waals surface area contributed by atoms with E-state index in [9.17, 15) is 17.4 Å². The molecular weight excluding hydrogens is 361 g/mol. The minimum atomic E-state index is -4.35. The second kappa shape index (κ2) is 8.33. The summed E-state index contributed by atoms with van der Waals surface area (Å²) in [7, 11) is -1.28. The van der Waals surface area contributed by atoms with Crippen LogP contribution in [0.5, 0.6) is 0 Å². The highest BCUT2D eigenvalue weighted by atomic mass is 32.2. The predicted octanol–water partition coefficient (Wildman–Crippen LogP) is 3.42. The van der Waals surface area contributed by atoms with Gasteiger partial charge in [0.25, 0.3) is 0 Å². The van der Waals surface area contributed by atoms with Gasteiger partial charge in [-0.3, -0.25) is 9.11 Å². The summed E-state index contributed by atoms with van der Waals surface area (Å²) in [4.78, 5) is 3.05. The molecule has 1 saturated heterocycles. The Kier molecular flexibility index (Phi) is 6.11. The molecule has 1 aliphatic rings. The largest absolute Gasteiger partial charge is 0.416 e. The molecule has 1 fully saturated rings. The van der Waals surface area contributed by atoms with E-state index in [1.54, 1.807) is 0 Å². The lowest BCUT2D eigenvalue weighted by Crippen LogP contribution is -2.42. The fourth-order valence-electron chi connectivity index (χ4n) is 2.90. The first-order valence-corrected chi connectivity index (χ1v) is 9.80. The lowest BCUT2D eigenvalue weighted by molar-refractivity contribution is -0.137. The van der Waals surface area contributed by atoms with E-state index in [0.717, 1.165) is 44.9 Å². The molecule has 0 radical (unpaired) electrons. The number of rotatable bonds is 5. The third-order valence-electron chi connectivity index (χ3n) is 4.38. The Hall–Kier alpha value is -1.70. The van der Waals surface area contributed by atoms with Crippen molar-refractivity contribution in [3.63, 3.8) is 0 Å². The molecule has 0 bridgehead atoms. The Balaban J connectivity index is 1.59. The Labute approximate surface area is 153 Å². The number of halogens is 3. The van der Waals surface area contributed by atoms with Crippen molar-refractivity contribution >= 4 is 10.8 Å². The van der Waals surface area contributed by atoms with Gasteiger partial charge in [-0.15, -0.1) is 0 Å². The zero-order chi connectivity index (χ0) is 18.6. The van der Waals surface area contributed by atoms with Gasteiger partial charge < -0.3 is 5.32 Å². The SMILES string of the molecule is O=S(Cc1ccc(C(F)(F)F)cc1)c1ccc(CN2CCNCC2)cc1. The quantitative estimate of drug-likeness (QED) is 0.860. The van der Waals surface area contributed by atoms with Gasteiger partial charge in [0.2, 0.25) is 0 Å². The molecule has 1 atom stereocenters. The molecule has 3 nitrogen and oxygen atoms in total. The van der Waals surface area contributed by atoms with E-state index in [1.165, 1.54) is 17.7 Å². The first-order valence-electron chi connectivity index (χ1n) is 8.48. The van der Waals surface area contributed by atoms with Crippen LogP contribution in [0.2, 0.25) is 0 Å². The van der Waals surface area contributed by atoms with Gasteiger partial charge in [-0.1, -0.05) is 24.3 Å². The van der Waals surface area contributed by atoms with Gasteiger partial charge in [0, 0.05) is 37.6 Å². The van der Waals surface area contributed by atoms with Crippen LogP contribution in [0.25, 0.3) is 0 Å². The lowest BCUT2D eigenvalue weighted by atomic mass is 10.1. The van der Waals surface area contributed by atoms with E-state index in [0.29, 0.717) is 10.5 Å². The molecule has 1 N–H and O–H groups in total. The summed E-state index contributed by atoms with van der Waals surface area (Å²) < 4.78 is 50.2. The van der Waals surface area contributed by atoms with E-state index >= 15 is 0 Å². The topological polar surface area (TPSA) is 32.3 Å². The Morgan fingerprint density at radius 3 is 2.08 bits per heavy atom. The third kappa shape index (κ3) is 5.16. The monoisotopic (exact) mass is 382 g/mol. The average molecular weight is 382 g/mol. The Morgan fingerprint density at radius 2 is 1.50 bits per heavy atom. The smallest absolute Gasteiger partial charge is 0.314 e. The summed E-state index contributed by atoms with van der Waals surface area (Å²) in [5.41, 5.74) is 1.10. The van der Waals surface area contributed by atoms with E-state index < -0.39 is 22.5 Å². The van der Waals surface area contributed by atoms with Crippen molar-refractivity contribution in [3.05, 3.63) is 65.2 Å². The first-order chi connectivity index (χ1) is 12.4. The normalized spacial score (nSPS) is 17.2. The van der Waals surface area contributed by atoms with Crippen molar-refractivity contribution in [2.45, 2.75) is 23.4 Å². The van der Waals surface area contributed by atoms with Gasteiger partial charge in [0.15, 0.2) is 0 Å². The second-order valence-corrected chi connectivity index (χ2v) is 7.81. The van der Waals surface area contributed by atoms with Crippen LogP contribution in [0.4, 0.5) is 13.2 Å². The van der Waals surface area contributed by atoms with Gasteiger partial charge >= 0.3 is 6.18 Å². The summed E-state index contributed by atoms with van der Waals surface area (Å²) in [5, 5.41) is 3.32. The lowest BCUT2D eigenvalue weighted by Gasteiger charge is -2.27. The number of nitrogens with one attached hydrogen (secondary N) is 1. The number of alkyl halides is 3. The summed E-state index contributed by atoms with van der Waals surface area (Å²) in [5.74, 6) is 0.204. The van der Waals surface area contributed by atoms with Gasteiger partial charge in [-0.2, -0.15) is 13.2 Å². The minimum absolute atomic E-state index is 0.204. The highest BCUT2D eigenvalue weighted by Gasteiger charge is 2.29.